The van der Waals surface area contributed by atoms with Crippen molar-refractivity contribution in [2.75, 3.05) is 18.0 Å². The molecule has 1 saturated heterocycles. The van der Waals surface area contributed by atoms with Gasteiger partial charge in [-0.3, -0.25) is 14.6 Å². The molecule has 3 N–H and O–H groups in total. The van der Waals surface area contributed by atoms with Crippen LogP contribution >= 0.6 is 11.3 Å². The SMILES string of the molecule is Cc1ccccc1-c1csc2c(=O)[nH]c(N3CCC[C@@H](C(N)=O)C3)nc12. The predicted molar refractivity (Wildman–Crippen MR) is 105 cm³/mol. The first-order valence-electron chi connectivity index (χ1n) is 8.66. The van der Waals surface area contributed by atoms with Crippen LogP contribution in [0.5, 0.6) is 0 Å². The smallest absolute Gasteiger partial charge is 0.270 e. The number of aromatic nitrogens is 2. The van der Waals surface area contributed by atoms with E-state index in [-0.39, 0.29) is 17.4 Å². The lowest BCUT2D eigenvalue weighted by Crippen LogP contribution is -2.42. The topological polar surface area (TPSA) is 92.1 Å². The van der Waals surface area contributed by atoms with E-state index in [1.165, 1.54) is 11.3 Å². The summed E-state index contributed by atoms with van der Waals surface area (Å²) in [7, 11) is 0. The van der Waals surface area contributed by atoms with Gasteiger partial charge in [0.1, 0.15) is 4.70 Å². The predicted octanol–water partition coefficient (Wildman–Crippen LogP) is 2.66. The number of H-pyrrole nitrogens is 1. The van der Waals surface area contributed by atoms with E-state index < -0.39 is 0 Å². The van der Waals surface area contributed by atoms with E-state index in [0.29, 0.717) is 22.7 Å². The summed E-state index contributed by atoms with van der Waals surface area (Å²) < 4.78 is 0.621. The Morgan fingerprint density at radius 1 is 1.35 bits per heavy atom. The summed E-state index contributed by atoms with van der Waals surface area (Å²) in [6.07, 6.45) is 1.63. The minimum atomic E-state index is -0.297. The summed E-state index contributed by atoms with van der Waals surface area (Å²) in [5.41, 5.74) is 9.23. The quantitative estimate of drug-likeness (QED) is 0.743. The van der Waals surface area contributed by atoms with Crippen molar-refractivity contribution in [1.82, 2.24) is 9.97 Å². The van der Waals surface area contributed by atoms with Gasteiger partial charge < -0.3 is 10.6 Å². The second-order valence-electron chi connectivity index (χ2n) is 6.72. The van der Waals surface area contributed by atoms with Gasteiger partial charge in [-0.15, -0.1) is 11.3 Å². The molecule has 0 radical (unpaired) electrons. The number of hydrogen-bond donors (Lipinski definition) is 2. The molecule has 134 valence electrons. The third kappa shape index (κ3) is 2.88. The number of thiophene rings is 1. The van der Waals surface area contributed by atoms with Crippen LogP contribution < -0.4 is 16.2 Å². The van der Waals surface area contributed by atoms with Crippen LogP contribution in [0.3, 0.4) is 0 Å². The third-order valence-corrected chi connectivity index (χ3v) is 5.94. The minimum Gasteiger partial charge on any atom is -0.369 e. The standard InChI is InChI=1S/C19H20N4O2S/c1-11-5-2-3-7-13(11)14-10-26-16-15(14)21-19(22-18(16)25)23-8-4-6-12(9-23)17(20)24/h2-3,5,7,10,12H,4,6,8-9H2,1H3,(H2,20,24)(H,21,22,25)/t12-/m1/s1. The Labute approximate surface area is 154 Å². The monoisotopic (exact) mass is 368 g/mol. The maximum Gasteiger partial charge on any atom is 0.270 e. The van der Waals surface area contributed by atoms with E-state index in [9.17, 15) is 9.59 Å². The number of carbonyl (C=O) groups is 1. The summed E-state index contributed by atoms with van der Waals surface area (Å²) in [6.45, 7) is 3.30. The summed E-state index contributed by atoms with van der Waals surface area (Å²) in [4.78, 5) is 33.7. The Morgan fingerprint density at radius 3 is 2.92 bits per heavy atom. The largest absolute Gasteiger partial charge is 0.369 e. The Bertz CT molecular complexity index is 1040. The summed E-state index contributed by atoms with van der Waals surface area (Å²) in [5, 5.41) is 1.99. The number of aryl methyl sites for hydroxylation is 1. The highest BCUT2D eigenvalue weighted by atomic mass is 32.1. The van der Waals surface area contributed by atoms with Crippen molar-refractivity contribution in [2.45, 2.75) is 19.8 Å². The number of nitrogens with zero attached hydrogens (tertiary/aromatic N) is 2. The van der Waals surface area contributed by atoms with Crippen molar-refractivity contribution in [3.63, 3.8) is 0 Å². The van der Waals surface area contributed by atoms with Crippen molar-refractivity contribution in [1.29, 1.82) is 0 Å². The van der Waals surface area contributed by atoms with Gasteiger partial charge in [0.2, 0.25) is 11.9 Å². The normalized spacial score (nSPS) is 17.6. The molecule has 1 aliphatic heterocycles. The number of nitrogens with two attached hydrogens (primary N) is 1. The highest BCUT2D eigenvalue weighted by Gasteiger charge is 2.26. The average molecular weight is 368 g/mol. The molecule has 1 aromatic carbocycles. The molecule has 0 aliphatic carbocycles. The zero-order valence-electron chi connectivity index (χ0n) is 14.5. The lowest BCUT2D eigenvalue weighted by molar-refractivity contribution is -0.122. The molecule has 1 atom stereocenters. The molecule has 1 fully saturated rings. The van der Waals surface area contributed by atoms with Gasteiger partial charge in [0, 0.05) is 24.0 Å². The van der Waals surface area contributed by atoms with Crippen molar-refractivity contribution < 1.29 is 4.79 Å². The maximum absolute atomic E-state index is 12.6. The van der Waals surface area contributed by atoms with Crippen molar-refractivity contribution in [3.05, 3.63) is 45.6 Å². The lowest BCUT2D eigenvalue weighted by Gasteiger charge is -2.31. The van der Waals surface area contributed by atoms with Crippen LogP contribution in [0.25, 0.3) is 21.3 Å². The number of anilines is 1. The number of amides is 1. The van der Waals surface area contributed by atoms with Crippen LogP contribution in [0, 0.1) is 12.8 Å². The Balaban J connectivity index is 1.81. The average Bonchev–Trinajstić information content (AvgIpc) is 3.06. The summed E-state index contributed by atoms with van der Waals surface area (Å²) >= 11 is 1.41. The number of fused-ring (bicyclic) bond motifs is 1. The van der Waals surface area contributed by atoms with Crippen LogP contribution in [0.2, 0.25) is 0 Å². The molecule has 0 unspecified atom stereocenters. The summed E-state index contributed by atoms with van der Waals surface area (Å²) in [5.74, 6) is 0.0130. The molecule has 3 heterocycles. The molecule has 0 saturated carbocycles. The molecule has 3 aromatic rings. The van der Waals surface area contributed by atoms with E-state index in [2.05, 4.69) is 18.0 Å². The van der Waals surface area contributed by atoms with E-state index in [1.807, 2.05) is 28.5 Å². The highest BCUT2D eigenvalue weighted by Crippen LogP contribution is 2.33. The van der Waals surface area contributed by atoms with Crippen molar-refractivity contribution in [2.24, 2.45) is 11.7 Å². The van der Waals surface area contributed by atoms with E-state index in [1.54, 1.807) is 0 Å². The molecule has 1 aliphatic rings. The molecule has 1 amide bonds. The fourth-order valence-electron chi connectivity index (χ4n) is 3.53. The van der Waals surface area contributed by atoms with Crippen molar-refractivity contribution in [3.8, 4) is 11.1 Å². The molecular formula is C19H20N4O2S. The lowest BCUT2D eigenvalue weighted by atomic mass is 9.98. The molecular weight excluding hydrogens is 348 g/mol. The molecule has 26 heavy (non-hydrogen) atoms. The number of aromatic amines is 1. The van der Waals surface area contributed by atoms with E-state index in [4.69, 9.17) is 10.7 Å². The fourth-order valence-corrected chi connectivity index (χ4v) is 4.43. The highest BCUT2D eigenvalue weighted by molar-refractivity contribution is 7.17. The second-order valence-corrected chi connectivity index (χ2v) is 7.60. The maximum atomic E-state index is 12.6. The first kappa shape index (κ1) is 16.8. The molecule has 0 bridgehead atoms. The Kier molecular flexibility index (Phi) is 4.24. The number of primary amides is 1. The number of hydrogen-bond acceptors (Lipinski definition) is 5. The van der Waals surface area contributed by atoms with Crippen molar-refractivity contribution >= 4 is 33.4 Å². The number of carbonyl (C=O) groups excluding carboxylic acids is 1. The van der Waals surface area contributed by atoms with E-state index >= 15 is 0 Å². The summed E-state index contributed by atoms with van der Waals surface area (Å²) in [6, 6.07) is 8.08. The van der Waals surface area contributed by atoms with Gasteiger partial charge in [0.15, 0.2) is 0 Å². The number of nitrogens with one attached hydrogen (secondary N) is 1. The Morgan fingerprint density at radius 2 is 2.15 bits per heavy atom. The van der Waals surface area contributed by atoms with Gasteiger partial charge >= 0.3 is 0 Å². The van der Waals surface area contributed by atoms with Crippen LogP contribution in [0.1, 0.15) is 18.4 Å². The van der Waals surface area contributed by atoms with Gasteiger partial charge in [0.05, 0.1) is 11.4 Å². The van der Waals surface area contributed by atoms with Crippen LogP contribution in [-0.4, -0.2) is 29.0 Å². The van der Waals surface area contributed by atoms with Gasteiger partial charge in [-0.25, -0.2) is 4.98 Å². The first-order chi connectivity index (χ1) is 12.5. The molecule has 2 aromatic heterocycles. The Hall–Kier alpha value is -2.67. The second kappa shape index (κ2) is 6.57. The molecule has 7 heteroatoms. The minimum absolute atomic E-state index is 0.143. The fraction of sp³-hybridized carbons (Fsp3) is 0.316. The third-order valence-electron chi connectivity index (χ3n) is 4.97. The first-order valence-corrected chi connectivity index (χ1v) is 9.54. The van der Waals surface area contributed by atoms with E-state index in [0.717, 1.165) is 36.1 Å². The van der Waals surface area contributed by atoms with Gasteiger partial charge in [0.25, 0.3) is 5.56 Å². The van der Waals surface area contributed by atoms with Crippen LogP contribution in [-0.2, 0) is 4.79 Å². The van der Waals surface area contributed by atoms with Crippen LogP contribution in [0.4, 0.5) is 5.95 Å². The number of benzene rings is 1. The van der Waals surface area contributed by atoms with Gasteiger partial charge in [-0.1, -0.05) is 24.3 Å². The zero-order valence-corrected chi connectivity index (χ0v) is 15.3. The molecule has 4 rings (SSSR count). The number of rotatable bonds is 3. The molecule has 0 spiro atoms. The zero-order chi connectivity index (χ0) is 18.3. The van der Waals surface area contributed by atoms with Gasteiger partial charge in [-0.2, -0.15) is 0 Å². The molecule has 6 nitrogen and oxygen atoms in total. The van der Waals surface area contributed by atoms with Gasteiger partial charge in [-0.05, 0) is 30.9 Å². The van der Waals surface area contributed by atoms with Crippen LogP contribution in [0.15, 0.2) is 34.4 Å². The number of piperidine rings is 1.